The van der Waals surface area contributed by atoms with Gasteiger partial charge in [0.25, 0.3) is 0 Å². The van der Waals surface area contributed by atoms with Crippen molar-refractivity contribution in [2.75, 3.05) is 0 Å². The van der Waals surface area contributed by atoms with Gasteiger partial charge in [-0.15, -0.1) is 11.8 Å². The molecular weight excluding hydrogens is 256 g/mol. The Kier molecular flexibility index (Phi) is 4.81. The second kappa shape index (κ2) is 5.68. The fraction of sp³-hybridized carbons (Fsp3) is 0.111. The first-order valence-electron chi connectivity index (χ1n) is 3.45. The Bertz CT molecular complexity index is 258. The van der Waals surface area contributed by atoms with Crippen LogP contribution in [0.2, 0.25) is 0 Å². The summed E-state index contributed by atoms with van der Waals surface area (Å²) in [6.45, 7) is 0. The van der Waals surface area contributed by atoms with Crippen LogP contribution in [-0.4, -0.2) is 0 Å². The molecule has 0 heterocycles. The fourth-order valence-electron chi connectivity index (χ4n) is 0.758. The molecular formula is C9H8BrClS. The van der Waals surface area contributed by atoms with Gasteiger partial charge in [0.15, 0.2) is 0 Å². The summed E-state index contributed by atoms with van der Waals surface area (Å²) in [5, 5.41) is 0. The molecule has 0 aliphatic heterocycles. The topological polar surface area (TPSA) is 0 Å². The molecule has 0 aromatic heterocycles. The molecule has 0 N–H and O–H groups in total. The van der Waals surface area contributed by atoms with E-state index >= 15 is 0 Å². The summed E-state index contributed by atoms with van der Waals surface area (Å²) < 4.78 is 0.966. The Balaban J connectivity index is 2.44. The minimum absolute atomic E-state index is 0.949. The zero-order chi connectivity index (χ0) is 8.81. The first-order valence-corrected chi connectivity index (χ1v) is 5.67. The van der Waals surface area contributed by atoms with Crippen LogP contribution in [0.1, 0.15) is 5.56 Å². The minimum Gasteiger partial charge on any atom is -0.113 e. The Morgan fingerprint density at radius 1 is 1.42 bits per heavy atom. The van der Waals surface area contributed by atoms with E-state index in [4.69, 9.17) is 11.6 Å². The third kappa shape index (κ3) is 3.65. The first-order chi connectivity index (χ1) is 5.83. The monoisotopic (exact) mass is 262 g/mol. The van der Waals surface area contributed by atoms with Crippen molar-refractivity contribution in [3.8, 4) is 0 Å². The van der Waals surface area contributed by atoms with Crippen molar-refractivity contribution >= 4 is 39.3 Å². The van der Waals surface area contributed by atoms with Crippen LogP contribution in [-0.2, 0) is 5.75 Å². The molecule has 0 saturated carbocycles. The molecule has 1 aromatic rings. The van der Waals surface area contributed by atoms with Crippen LogP contribution >= 0.6 is 39.3 Å². The molecule has 0 unspecified atom stereocenters. The first kappa shape index (κ1) is 10.2. The van der Waals surface area contributed by atoms with Gasteiger partial charge in [-0.05, 0) is 21.5 Å². The SMILES string of the molecule is Cl/C=C(/Br)SCc1ccccc1. The van der Waals surface area contributed by atoms with E-state index in [9.17, 15) is 0 Å². The van der Waals surface area contributed by atoms with Gasteiger partial charge >= 0.3 is 0 Å². The zero-order valence-corrected chi connectivity index (χ0v) is 9.49. The molecule has 0 bridgehead atoms. The van der Waals surface area contributed by atoms with Crippen molar-refractivity contribution in [3.63, 3.8) is 0 Å². The second-order valence-corrected chi connectivity index (χ2v) is 4.80. The van der Waals surface area contributed by atoms with Gasteiger partial charge in [0.05, 0.1) is 3.81 Å². The Morgan fingerprint density at radius 3 is 2.67 bits per heavy atom. The largest absolute Gasteiger partial charge is 0.113 e. The Hall–Kier alpha value is 0.0800. The van der Waals surface area contributed by atoms with E-state index in [1.54, 1.807) is 11.8 Å². The molecule has 0 atom stereocenters. The summed E-state index contributed by atoms with van der Waals surface area (Å²) in [7, 11) is 0. The standard InChI is InChI=1S/C9H8BrClS/c10-9(6-11)12-7-8-4-2-1-3-5-8/h1-6H,7H2/b9-6-. The zero-order valence-electron chi connectivity index (χ0n) is 6.34. The van der Waals surface area contributed by atoms with Gasteiger partial charge in [-0.2, -0.15) is 0 Å². The van der Waals surface area contributed by atoms with E-state index in [2.05, 4.69) is 28.1 Å². The summed E-state index contributed by atoms with van der Waals surface area (Å²) in [4.78, 5) is 0. The maximum Gasteiger partial charge on any atom is 0.0619 e. The van der Waals surface area contributed by atoms with E-state index in [0.29, 0.717) is 0 Å². The number of rotatable bonds is 3. The second-order valence-electron chi connectivity index (χ2n) is 2.19. The molecule has 0 aliphatic rings. The number of halogens is 2. The summed E-state index contributed by atoms with van der Waals surface area (Å²) in [5.74, 6) is 0.949. The quantitative estimate of drug-likeness (QED) is 0.781. The molecule has 64 valence electrons. The van der Waals surface area contributed by atoms with Crippen molar-refractivity contribution in [2.45, 2.75) is 5.75 Å². The van der Waals surface area contributed by atoms with E-state index in [1.165, 1.54) is 11.1 Å². The van der Waals surface area contributed by atoms with Crippen LogP contribution in [0.4, 0.5) is 0 Å². The highest BCUT2D eigenvalue weighted by atomic mass is 79.9. The Labute approximate surface area is 90.1 Å². The summed E-state index contributed by atoms with van der Waals surface area (Å²) in [6, 6.07) is 10.3. The van der Waals surface area contributed by atoms with Gasteiger partial charge in [-0.25, -0.2) is 0 Å². The number of thioether (sulfide) groups is 1. The Morgan fingerprint density at radius 2 is 2.08 bits per heavy atom. The van der Waals surface area contributed by atoms with Crippen LogP contribution in [0.25, 0.3) is 0 Å². The van der Waals surface area contributed by atoms with Crippen LogP contribution in [0.3, 0.4) is 0 Å². The normalized spacial score (nSPS) is 11.7. The van der Waals surface area contributed by atoms with Gasteiger partial charge < -0.3 is 0 Å². The van der Waals surface area contributed by atoms with Crippen molar-refractivity contribution in [2.24, 2.45) is 0 Å². The van der Waals surface area contributed by atoms with Crippen LogP contribution in [0.15, 0.2) is 39.7 Å². The van der Waals surface area contributed by atoms with Crippen LogP contribution in [0.5, 0.6) is 0 Å². The molecule has 0 fully saturated rings. The number of hydrogen-bond acceptors (Lipinski definition) is 1. The molecule has 0 radical (unpaired) electrons. The summed E-state index contributed by atoms with van der Waals surface area (Å²) in [6.07, 6.45) is 0. The molecule has 0 saturated heterocycles. The van der Waals surface area contributed by atoms with Gasteiger partial charge in [-0.1, -0.05) is 41.9 Å². The molecule has 12 heavy (non-hydrogen) atoms. The van der Waals surface area contributed by atoms with Gasteiger partial charge in [0.2, 0.25) is 0 Å². The lowest BCUT2D eigenvalue weighted by Gasteiger charge is -1.98. The smallest absolute Gasteiger partial charge is 0.0619 e. The van der Waals surface area contributed by atoms with E-state index < -0.39 is 0 Å². The van der Waals surface area contributed by atoms with Crippen molar-refractivity contribution < 1.29 is 0 Å². The number of benzene rings is 1. The number of hydrogen-bond donors (Lipinski definition) is 0. The summed E-state index contributed by atoms with van der Waals surface area (Å²) >= 11 is 10.5. The van der Waals surface area contributed by atoms with Gasteiger partial charge in [0.1, 0.15) is 0 Å². The van der Waals surface area contributed by atoms with Crippen molar-refractivity contribution in [1.29, 1.82) is 0 Å². The van der Waals surface area contributed by atoms with Crippen LogP contribution in [0, 0.1) is 0 Å². The minimum atomic E-state index is 0.949. The van der Waals surface area contributed by atoms with Crippen molar-refractivity contribution in [3.05, 3.63) is 45.2 Å². The third-order valence-electron chi connectivity index (χ3n) is 1.31. The maximum atomic E-state index is 5.49. The predicted octanol–water partition coefficient (Wildman–Crippen LogP) is 4.35. The third-order valence-corrected chi connectivity index (χ3v) is 3.70. The molecule has 1 aromatic carbocycles. The predicted molar refractivity (Wildman–Crippen MR) is 60.6 cm³/mol. The molecule has 3 heteroatoms. The molecule has 0 amide bonds. The molecule has 0 spiro atoms. The highest BCUT2D eigenvalue weighted by Crippen LogP contribution is 2.26. The van der Waals surface area contributed by atoms with Crippen LogP contribution < -0.4 is 0 Å². The highest BCUT2D eigenvalue weighted by molar-refractivity contribution is 9.14. The van der Waals surface area contributed by atoms with Gasteiger partial charge in [0, 0.05) is 11.3 Å². The summed E-state index contributed by atoms with van der Waals surface area (Å²) in [5.41, 5.74) is 2.84. The fourth-order valence-corrected chi connectivity index (χ4v) is 1.85. The van der Waals surface area contributed by atoms with Crippen molar-refractivity contribution in [1.82, 2.24) is 0 Å². The average molecular weight is 264 g/mol. The lowest BCUT2D eigenvalue weighted by molar-refractivity contribution is 1.42. The highest BCUT2D eigenvalue weighted by Gasteiger charge is 1.93. The maximum absolute atomic E-state index is 5.49. The average Bonchev–Trinajstić information content (AvgIpc) is 2.16. The van der Waals surface area contributed by atoms with E-state index in [-0.39, 0.29) is 0 Å². The molecule has 1 rings (SSSR count). The van der Waals surface area contributed by atoms with Gasteiger partial charge in [-0.3, -0.25) is 0 Å². The molecule has 0 nitrogen and oxygen atoms in total. The lowest BCUT2D eigenvalue weighted by Crippen LogP contribution is -1.76. The molecule has 0 aliphatic carbocycles. The van der Waals surface area contributed by atoms with E-state index in [0.717, 1.165) is 9.57 Å². The van der Waals surface area contributed by atoms with E-state index in [1.807, 2.05) is 18.2 Å². The lowest BCUT2D eigenvalue weighted by atomic mass is 10.2.